The summed E-state index contributed by atoms with van der Waals surface area (Å²) in [5, 5.41) is 17.5. The number of aromatic nitrogens is 1. The summed E-state index contributed by atoms with van der Waals surface area (Å²) in [5.41, 5.74) is 0. The van der Waals surface area contributed by atoms with E-state index < -0.39 is 24.3 Å². The average Bonchev–Trinajstić information content (AvgIpc) is 2.28. The van der Waals surface area contributed by atoms with Crippen molar-refractivity contribution in [1.82, 2.24) is 4.98 Å². The van der Waals surface area contributed by atoms with Gasteiger partial charge in [-0.15, -0.1) is 0 Å². The Hall–Kier alpha value is -2.11. The molecular formula is C11H14N2O4. The van der Waals surface area contributed by atoms with Gasteiger partial charge in [-0.1, -0.05) is 6.07 Å². The summed E-state index contributed by atoms with van der Waals surface area (Å²) in [5.74, 6) is -2.56. The van der Waals surface area contributed by atoms with E-state index in [1.54, 1.807) is 36.3 Å². The van der Waals surface area contributed by atoms with Crippen LogP contribution in [0.3, 0.4) is 0 Å². The van der Waals surface area contributed by atoms with E-state index in [1.165, 1.54) is 0 Å². The molecule has 0 fully saturated rings. The van der Waals surface area contributed by atoms with Gasteiger partial charge in [-0.05, 0) is 12.1 Å². The number of carboxylic acids is 2. The SMILES string of the molecule is CN(CC(CC(=O)O)C(=O)O)c1ccccn1. The molecule has 1 rings (SSSR count). The molecule has 6 nitrogen and oxygen atoms in total. The van der Waals surface area contributed by atoms with Crippen molar-refractivity contribution in [2.24, 2.45) is 5.92 Å². The van der Waals surface area contributed by atoms with Crippen molar-refractivity contribution in [3.8, 4) is 0 Å². The molecule has 6 heteroatoms. The Labute approximate surface area is 98.5 Å². The van der Waals surface area contributed by atoms with Gasteiger partial charge in [0.15, 0.2) is 0 Å². The summed E-state index contributed by atoms with van der Waals surface area (Å²) >= 11 is 0. The monoisotopic (exact) mass is 238 g/mol. The second-order valence-corrected chi connectivity index (χ2v) is 3.70. The number of pyridine rings is 1. The van der Waals surface area contributed by atoms with Crippen molar-refractivity contribution in [1.29, 1.82) is 0 Å². The molecule has 0 radical (unpaired) electrons. The van der Waals surface area contributed by atoms with E-state index in [4.69, 9.17) is 10.2 Å². The lowest BCUT2D eigenvalue weighted by molar-refractivity contribution is -0.147. The van der Waals surface area contributed by atoms with Crippen LogP contribution in [0.2, 0.25) is 0 Å². The number of rotatable bonds is 6. The number of carboxylic acid groups (broad SMARTS) is 2. The molecule has 0 saturated heterocycles. The summed E-state index contributed by atoms with van der Waals surface area (Å²) in [6.45, 7) is 0.110. The van der Waals surface area contributed by atoms with Crippen LogP contribution in [0.25, 0.3) is 0 Å². The van der Waals surface area contributed by atoms with Crippen molar-refractivity contribution < 1.29 is 19.8 Å². The molecule has 0 aliphatic carbocycles. The van der Waals surface area contributed by atoms with Gasteiger partial charge in [0, 0.05) is 19.8 Å². The second kappa shape index (κ2) is 5.83. The number of hydrogen-bond acceptors (Lipinski definition) is 4. The minimum absolute atomic E-state index is 0.110. The third-order valence-corrected chi connectivity index (χ3v) is 2.30. The van der Waals surface area contributed by atoms with Crippen LogP contribution in [0.5, 0.6) is 0 Å². The summed E-state index contributed by atoms with van der Waals surface area (Å²) < 4.78 is 0. The van der Waals surface area contributed by atoms with Gasteiger partial charge in [-0.3, -0.25) is 9.59 Å². The van der Waals surface area contributed by atoms with E-state index in [1.807, 2.05) is 0 Å². The van der Waals surface area contributed by atoms with Gasteiger partial charge in [-0.2, -0.15) is 0 Å². The molecular weight excluding hydrogens is 224 g/mol. The standard InChI is InChI=1S/C11H14N2O4/c1-13(9-4-2-3-5-12-9)7-8(11(16)17)6-10(14)15/h2-5,8H,6-7H2,1H3,(H,14,15)(H,16,17). The largest absolute Gasteiger partial charge is 0.481 e. The van der Waals surface area contributed by atoms with Crippen molar-refractivity contribution in [3.63, 3.8) is 0 Å². The van der Waals surface area contributed by atoms with Crippen LogP contribution < -0.4 is 4.90 Å². The minimum Gasteiger partial charge on any atom is -0.481 e. The van der Waals surface area contributed by atoms with Gasteiger partial charge in [-0.25, -0.2) is 4.98 Å². The van der Waals surface area contributed by atoms with Gasteiger partial charge in [0.2, 0.25) is 0 Å². The molecule has 0 aromatic carbocycles. The molecule has 2 N–H and O–H groups in total. The van der Waals surface area contributed by atoms with Crippen LogP contribution in [-0.4, -0.2) is 40.7 Å². The average molecular weight is 238 g/mol. The fraction of sp³-hybridized carbons (Fsp3) is 0.364. The zero-order chi connectivity index (χ0) is 12.8. The van der Waals surface area contributed by atoms with Gasteiger partial charge >= 0.3 is 11.9 Å². The van der Waals surface area contributed by atoms with Crippen LogP contribution >= 0.6 is 0 Å². The first-order valence-corrected chi connectivity index (χ1v) is 5.07. The van der Waals surface area contributed by atoms with E-state index in [0.29, 0.717) is 5.82 Å². The first kappa shape index (κ1) is 13.0. The predicted molar refractivity (Wildman–Crippen MR) is 60.9 cm³/mol. The first-order valence-electron chi connectivity index (χ1n) is 5.07. The Morgan fingerprint density at radius 3 is 2.59 bits per heavy atom. The molecule has 0 bridgehead atoms. The Kier molecular flexibility index (Phi) is 4.45. The Balaban J connectivity index is 2.67. The number of hydrogen-bond donors (Lipinski definition) is 2. The topological polar surface area (TPSA) is 90.7 Å². The van der Waals surface area contributed by atoms with Crippen molar-refractivity contribution in [2.75, 3.05) is 18.5 Å². The van der Waals surface area contributed by atoms with E-state index in [-0.39, 0.29) is 6.54 Å². The molecule has 17 heavy (non-hydrogen) atoms. The highest BCUT2D eigenvalue weighted by Gasteiger charge is 2.23. The Morgan fingerprint density at radius 1 is 1.41 bits per heavy atom. The first-order chi connectivity index (χ1) is 8.00. The van der Waals surface area contributed by atoms with Gasteiger partial charge in [0.1, 0.15) is 5.82 Å². The fourth-order valence-corrected chi connectivity index (χ4v) is 1.44. The summed E-state index contributed by atoms with van der Waals surface area (Å²) in [6.07, 6.45) is 1.20. The number of aliphatic carboxylic acids is 2. The lowest BCUT2D eigenvalue weighted by atomic mass is 10.1. The minimum atomic E-state index is -1.12. The predicted octanol–water partition coefficient (Wildman–Crippen LogP) is 0.693. The quantitative estimate of drug-likeness (QED) is 0.757. The molecule has 0 aliphatic rings. The molecule has 0 spiro atoms. The molecule has 1 aromatic rings. The lowest BCUT2D eigenvalue weighted by Crippen LogP contribution is -2.32. The van der Waals surface area contributed by atoms with E-state index in [2.05, 4.69) is 4.98 Å². The zero-order valence-corrected chi connectivity index (χ0v) is 9.41. The van der Waals surface area contributed by atoms with Crippen molar-refractivity contribution in [2.45, 2.75) is 6.42 Å². The molecule has 1 unspecified atom stereocenters. The van der Waals surface area contributed by atoms with Gasteiger partial charge < -0.3 is 15.1 Å². The summed E-state index contributed by atoms with van der Waals surface area (Å²) in [7, 11) is 1.68. The number of anilines is 1. The van der Waals surface area contributed by atoms with Crippen LogP contribution in [0.4, 0.5) is 5.82 Å². The van der Waals surface area contributed by atoms with Crippen molar-refractivity contribution >= 4 is 17.8 Å². The Bertz CT molecular complexity index is 394. The molecule has 0 saturated carbocycles. The molecule has 0 amide bonds. The smallest absolute Gasteiger partial charge is 0.308 e. The van der Waals surface area contributed by atoms with Crippen LogP contribution in [0, 0.1) is 5.92 Å². The van der Waals surface area contributed by atoms with Crippen LogP contribution in [0.1, 0.15) is 6.42 Å². The normalized spacial score (nSPS) is 11.8. The van der Waals surface area contributed by atoms with Crippen LogP contribution in [0.15, 0.2) is 24.4 Å². The van der Waals surface area contributed by atoms with E-state index >= 15 is 0 Å². The maximum Gasteiger partial charge on any atom is 0.308 e. The van der Waals surface area contributed by atoms with Crippen molar-refractivity contribution in [3.05, 3.63) is 24.4 Å². The highest BCUT2D eigenvalue weighted by Crippen LogP contribution is 2.12. The maximum absolute atomic E-state index is 10.9. The summed E-state index contributed by atoms with van der Waals surface area (Å²) in [4.78, 5) is 27.1. The molecule has 1 heterocycles. The highest BCUT2D eigenvalue weighted by molar-refractivity contribution is 5.78. The third-order valence-electron chi connectivity index (χ3n) is 2.30. The zero-order valence-electron chi connectivity index (χ0n) is 9.41. The number of carbonyl (C=O) groups is 2. The summed E-state index contributed by atoms with van der Waals surface area (Å²) in [6, 6.07) is 5.27. The van der Waals surface area contributed by atoms with E-state index in [9.17, 15) is 9.59 Å². The highest BCUT2D eigenvalue weighted by atomic mass is 16.4. The third kappa shape index (κ3) is 4.10. The van der Waals surface area contributed by atoms with E-state index in [0.717, 1.165) is 0 Å². The second-order valence-electron chi connectivity index (χ2n) is 3.70. The van der Waals surface area contributed by atoms with Crippen LogP contribution in [-0.2, 0) is 9.59 Å². The number of nitrogens with zero attached hydrogens (tertiary/aromatic N) is 2. The Morgan fingerprint density at radius 2 is 2.12 bits per heavy atom. The fourth-order valence-electron chi connectivity index (χ4n) is 1.44. The molecule has 92 valence electrons. The maximum atomic E-state index is 10.9. The lowest BCUT2D eigenvalue weighted by Gasteiger charge is -2.21. The van der Waals surface area contributed by atoms with Gasteiger partial charge in [0.25, 0.3) is 0 Å². The molecule has 1 atom stereocenters. The van der Waals surface area contributed by atoms with Gasteiger partial charge in [0.05, 0.1) is 12.3 Å². The molecule has 0 aliphatic heterocycles. The molecule has 1 aromatic heterocycles.